The van der Waals surface area contributed by atoms with Gasteiger partial charge in [-0.25, -0.2) is 0 Å². The number of para-hydroxylation sites is 1. The minimum Gasteiger partial charge on any atom is -0.454 e. The quantitative estimate of drug-likeness (QED) is 0.431. The SMILES string of the molecule is CN(C)Cc1cccc(CN2CC(=O)N3[C@H](c4ccc5c(c4)OCO5)c4[nH]c5ccccc5c4C[C@@H]3C2=O)c1. The van der Waals surface area contributed by atoms with Crippen molar-refractivity contribution in [3.8, 4) is 11.5 Å². The molecular weight excluding hydrogens is 492 g/mol. The van der Waals surface area contributed by atoms with Crippen LogP contribution < -0.4 is 9.47 Å². The van der Waals surface area contributed by atoms with Crippen molar-refractivity contribution in [2.24, 2.45) is 0 Å². The summed E-state index contributed by atoms with van der Waals surface area (Å²) in [5.74, 6) is 1.26. The maximum absolute atomic E-state index is 14.1. The molecule has 1 N–H and O–H groups in total. The number of hydrogen-bond donors (Lipinski definition) is 1. The van der Waals surface area contributed by atoms with Crippen molar-refractivity contribution in [3.05, 3.63) is 94.7 Å². The normalized spacial score (nSPS) is 20.1. The van der Waals surface area contributed by atoms with E-state index in [1.165, 1.54) is 5.56 Å². The number of aromatic nitrogens is 1. The Hall–Kier alpha value is -4.30. The Morgan fingerprint density at radius 1 is 0.949 bits per heavy atom. The summed E-state index contributed by atoms with van der Waals surface area (Å²) in [6.45, 7) is 1.45. The zero-order valence-electron chi connectivity index (χ0n) is 22.0. The van der Waals surface area contributed by atoms with Gasteiger partial charge < -0.3 is 29.2 Å². The molecule has 3 aliphatic rings. The Labute approximate surface area is 226 Å². The van der Waals surface area contributed by atoms with Crippen molar-refractivity contribution in [2.75, 3.05) is 27.4 Å². The van der Waals surface area contributed by atoms with Crippen molar-refractivity contribution in [3.63, 3.8) is 0 Å². The fourth-order valence-corrected chi connectivity index (χ4v) is 6.30. The Morgan fingerprint density at radius 3 is 2.64 bits per heavy atom. The van der Waals surface area contributed by atoms with Crippen LogP contribution in [-0.2, 0) is 29.1 Å². The third-order valence-corrected chi connectivity index (χ3v) is 7.92. The molecule has 0 unspecified atom stereocenters. The van der Waals surface area contributed by atoms with Crippen LogP contribution in [0.15, 0.2) is 66.7 Å². The molecule has 0 saturated carbocycles. The smallest absolute Gasteiger partial charge is 0.246 e. The second-order valence-electron chi connectivity index (χ2n) is 10.9. The molecule has 8 heteroatoms. The van der Waals surface area contributed by atoms with E-state index in [1.807, 2.05) is 62.6 Å². The number of H-pyrrole nitrogens is 1. The third-order valence-electron chi connectivity index (χ3n) is 7.92. The van der Waals surface area contributed by atoms with E-state index in [-0.39, 0.29) is 25.2 Å². The number of nitrogens with zero attached hydrogens (tertiary/aromatic N) is 3. The highest BCUT2D eigenvalue weighted by atomic mass is 16.7. The van der Waals surface area contributed by atoms with Crippen molar-refractivity contribution in [2.45, 2.75) is 31.6 Å². The maximum Gasteiger partial charge on any atom is 0.246 e. The van der Waals surface area contributed by atoms with Gasteiger partial charge >= 0.3 is 0 Å². The number of amides is 2. The van der Waals surface area contributed by atoms with Crippen molar-refractivity contribution < 1.29 is 19.1 Å². The van der Waals surface area contributed by atoms with Crippen molar-refractivity contribution >= 4 is 22.7 Å². The Kier molecular flexibility index (Phi) is 5.59. The lowest BCUT2D eigenvalue weighted by molar-refractivity contribution is -0.159. The molecule has 8 nitrogen and oxygen atoms in total. The number of piperazine rings is 1. The molecule has 3 aliphatic heterocycles. The Morgan fingerprint density at radius 2 is 1.77 bits per heavy atom. The largest absolute Gasteiger partial charge is 0.454 e. The lowest BCUT2D eigenvalue weighted by Crippen LogP contribution is -2.62. The van der Waals surface area contributed by atoms with Gasteiger partial charge in [-0.05, 0) is 54.5 Å². The molecule has 198 valence electrons. The van der Waals surface area contributed by atoms with Crippen LogP contribution in [0.25, 0.3) is 10.9 Å². The summed E-state index contributed by atoms with van der Waals surface area (Å²) in [7, 11) is 4.07. The van der Waals surface area contributed by atoms with Gasteiger partial charge in [-0.2, -0.15) is 0 Å². The summed E-state index contributed by atoms with van der Waals surface area (Å²) in [6.07, 6.45) is 0.474. The number of nitrogens with one attached hydrogen (secondary N) is 1. The molecule has 3 aromatic carbocycles. The van der Waals surface area contributed by atoms with E-state index in [1.54, 1.807) is 9.80 Å². The van der Waals surface area contributed by atoms with Gasteiger partial charge in [0.2, 0.25) is 18.6 Å². The van der Waals surface area contributed by atoms with Crippen LogP contribution in [0.2, 0.25) is 0 Å². The molecule has 0 aliphatic carbocycles. The van der Waals surface area contributed by atoms with E-state index >= 15 is 0 Å². The summed E-state index contributed by atoms with van der Waals surface area (Å²) in [5, 5.41) is 1.09. The van der Waals surface area contributed by atoms with Gasteiger partial charge in [-0.3, -0.25) is 9.59 Å². The number of fused-ring (bicyclic) bond motifs is 5. The van der Waals surface area contributed by atoms with Crippen LogP contribution in [0, 0.1) is 0 Å². The van der Waals surface area contributed by atoms with Gasteiger partial charge in [-0.15, -0.1) is 0 Å². The Bertz CT molecular complexity index is 1610. The van der Waals surface area contributed by atoms with Gasteiger partial charge in [0.1, 0.15) is 12.6 Å². The van der Waals surface area contributed by atoms with Crippen molar-refractivity contribution in [1.82, 2.24) is 19.7 Å². The predicted molar refractivity (Wildman–Crippen MR) is 146 cm³/mol. The molecule has 7 rings (SSSR count). The van der Waals surface area contributed by atoms with Gasteiger partial charge in [0.05, 0.1) is 6.04 Å². The van der Waals surface area contributed by atoms with Gasteiger partial charge in [0, 0.05) is 36.1 Å². The molecule has 0 spiro atoms. The summed E-state index contributed by atoms with van der Waals surface area (Å²) in [6, 6.07) is 21.2. The highest BCUT2D eigenvalue weighted by molar-refractivity contribution is 5.97. The molecular formula is C31H30N4O4. The van der Waals surface area contributed by atoms with Crippen LogP contribution in [0.1, 0.15) is 34.0 Å². The number of benzene rings is 3. The van der Waals surface area contributed by atoms with Crippen LogP contribution in [0.5, 0.6) is 11.5 Å². The second kappa shape index (κ2) is 9.17. The summed E-state index contributed by atoms with van der Waals surface area (Å²) in [5.41, 5.74) is 6.15. The number of carbonyl (C=O) groups is 2. The van der Waals surface area contributed by atoms with E-state index in [0.717, 1.165) is 39.8 Å². The average Bonchev–Trinajstić information content (AvgIpc) is 3.54. The van der Waals surface area contributed by atoms with E-state index in [4.69, 9.17) is 9.47 Å². The van der Waals surface area contributed by atoms with Crippen LogP contribution in [-0.4, -0.2) is 65.0 Å². The van der Waals surface area contributed by atoms with E-state index in [2.05, 4.69) is 28.1 Å². The fraction of sp³-hybridized carbons (Fsp3) is 0.290. The molecule has 1 saturated heterocycles. The highest BCUT2D eigenvalue weighted by Crippen LogP contribution is 2.45. The minimum atomic E-state index is -0.585. The molecule has 4 heterocycles. The van der Waals surface area contributed by atoms with Crippen molar-refractivity contribution in [1.29, 1.82) is 0 Å². The van der Waals surface area contributed by atoms with Gasteiger partial charge in [-0.1, -0.05) is 48.5 Å². The number of rotatable bonds is 5. The molecule has 0 bridgehead atoms. The highest BCUT2D eigenvalue weighted by Gasteiger charge is 2.48. The van der Waals surface area contributed by atoms with E-state index in [0.29, 0.717) is 24.5 Å². The minimum absolute atomic E-state index is 0.0192. The standard InChI is InChI=1S/C31H30N4O4/c1-33(2)15-19-6-5-7-20(12-19)16-34-17-28(36)35-25(31(34)37)14-23-22-8-3-4-9-24(22)32-29(23)30(35)21-10-11-26-27(13-21)39-18-38-26/h3-13,25,30,32H,14-18H2,1-2H3/t25-,30-/m1/s1. The fourth-order valence-electron chi connectivity index (χ4n) is 6.30. The summed E-state index contributed by atoms with van der Waals surface area (Å²) in [4.78, 5) is 37.2. The molecule has 39 heavy (non-hydrogen) atoms. The lowest BCUT2D eigenvalue weighted by atomic mass is 9.86. The molecule has 1 fully saturated rings. The topological polar surface area (TPSA) is 78.1 Å². The number of carbonyl (C=O) groups excluding carboxylic acids is 2. The number of hydrogen-bond acceptors (Lipinski definition) is 5. The lowest BCUT2D eigenvalue weighted by Gasteiger charge is -2.47. The first kappa shape index (κ1) is 23.8. The summed E-state index contributed by atoms with van der Waals surface area (Å²) < 4.78 is 11.2. The Balaban J connectivity index is 1.28. The number of ether oxygens (including phenoxy) is 2. The maximum atomic E-state index is 14.1. The van der Waals surface area contributed by atoms with E-state index < -0.39 is 12.1 Å². The summed E-state index contributed by atoms with van der Waals surface area (Å²) >= 11 is 0. The zero-order valence-corrected chi connectivity index (χ0v) is 22.0. The predicted octanol–water partition coefficient (Wildman–Crippen LogP) is 3.84. The second-order valence-corrected chi connectivity index (χ2v) is 10.9. The molecule has 0 radical (unpaired) electrons. The third kappa shape index (κ3) is 4.03. The molecule has 4 aromatic rings. The first-order valence-corrected chi connectivity index (χ1v) is 13.3. The van der Waals surface area contributed by atoms with Crippen LogP contribution in [0.4, 0.5) is 0 Å². The van der Waals surface area contributed by atoms with Gasteiger partial charge in [0.15, 0.2) is 11.5 Å². The van der Waals surface area contributed by atoms with Gasteiger partial charge in [0.25, 0.3) is 0 Å². The average molecular weight is 523 g/mol. The van der Waals surface area contributed by atoms with E-state index in [9.17, 15) is 9.59 Å². The molecule has 2 atom stereocenters. The monoisotopic (exact) mass is 522 g/mol. The first-order valence-electron chi connectivity index (χ1n) is 13.3. The number of aromatic amines is 1. The molecule has 2 amide bonds. The zero-order chi connectivity index (χ0) is 26.7. The molecule has 1 aromatic heterocycles. The van der Waals surface area contributed by atoms with Crippen LogP contribution in [0.3, 0.4) is 0 Å². The van der Waals surface area contributed by atoms with Crippen LogP contribution >= 0.6 is 0 Å². The first-order chi connectivity index (χ1) is 19.0.